The fourth-order valence-electron chi connectivity index (χ4n) is 2.42. The number of rotatable bonds is 8. The normalized spacial score (nSPS) is 11.5. The monoisotopic (exact) mass is 377 g/mol. The maximum absolute atomic E-state index is 12.3. The number of carbonyl (C=O) groups is 2. The van der Waals surface area contributed by atoms with Gasteiger partial charge in [0.25, 0.3) is 0 Å². The second kappa shape index (κ2) is 9.10. The van der Waals surface area contributed by atoms with Crippen molar-refractivity contribution in [3.63, 3.8) is 0 Å². The maximum Gasteiger partial charge on any atom is 0.330 e. The van der Waals surface area contributed by atoms with Gasteiger partial charge >= 0.3 is 5.97 Å². The zero-order chi connectivity index (χ0) is 19.1. The van der Waals surface area contributed by atoms with Crippen LogP contribution < -0.4 is 14.8 Å². The summed E-state index contributed by atoms with van der Waals surface area (Å²) in [6, 6.07) is 10.5. The highest BCUT2D eigenvalue weighted by Gasteiger charge is 2.23. The first-order valence-electron chi connectivity index (χ1n) is 8.02. The molecule has 1 amide bonds. The van der Waals surface area contributed by atoms with E-state index in [1.54, 1.807) is 36.4 Å². The molecule has 2 aromatic rings. The number of carboxylic acids is 1. The molecule has 0 heterocycles. The predicted molar refractivity (Wildman–Crippen MR) is 97.8 cm³/mol. The van der Waals surface area contributed by atoms with E-state index in [-0.39, 0.29) is 11.4 Å². The van der Waals surface area contributed by atoms with Crippen LogP contribution >= 0.6 is 11.6 Å². The lowest BCUT2D eigenvalue weighted by Crippen LogP contribution is -2.34. The number of benzene rings is 2. The lowest BCUT2D eigenvalue weighted by molar-refractivity contribution is -0.141. The van der Waals surface area contributed by atoms with Crippen LogP contribution in [0.25, 0.3) is 0 Å². The van der Waals surface area contributed by atoms with Gasteiger partial charge in [-0.1, -0.05) is 29.8 Å². The van der Waals surface area contributed by atoms with E-state index >= 15 is 0 Å². The van der Waals surface area contributed by atoms with Gasteiger partial charge in [-0.25, -0.2) is 4.79 Å². The van der Waals surface area contributed by atoms with Gasteiger partial charge in [0.2, 0.25) is 5.91 Å². The van der Waals surface area contributed by atoms with E-state index in [2.05, 4.69) is 5.32 Å². The lowest BCUT2D eigenvalue weighted by Gasteiger charge is -2.16. The van der Waals surface area contributed by atoms with Crippen molar-refractivity contribution in [2.45, 2.75) is 19.4 Å². The Labute approximate surface area is 156 Å². The Morgan fingerprint density at radius 3 is 2.42 bits per heavy atom. The van der Waals surface area contributed by atoms with E-state index in [1.165, 1.54) is 13.2 Å². The molecule has 1 unspecified atom stereocenters. The molecule has 0 aliphatic rings. The molecule has 0 fully saturated rings. The highest BCUT2D eigenvalue weighted by Crippen LogP contribution is 2.27. The molecule has 138 valence electrons. The first kappa shape index (κ1) is 19.6. The number of carbonyl (C=O) groups excluding carboxylic acids is 1. The largest absolute Gasteiger partial charge is 0.495 e. The molecule has 0 saturated heterocycles. The topological polar surface area (TPSA) is 84.9 Å². The molecule has 2 aromatic carbocycles. The van der Waals surface area contributed by atoms with Crippen LogP contribution in [-0.2, 0) is 16.0 Å². The Balaban J connectivity index is 2.08. The average Bonchev–Trinajstić information content (AvgIpc) is 2.61. The molecule has 2 rings (SSSR count). The molecule has 7 heteroatoms. The lowest BCUT2D eigenvalue weighted by atomic mass is 10.1. The Kier molecular flexibility index (Phi) is 6.86. The third-order valence-corrected chi connectivity index (χ3v) is 3.96. The second-order valence-electron chi connectivity index (χ2n) is 5.49. The van der Waals surface area contributed by atoms with Gasteiger partial charge in [-0.2, -0.15) is 0 Å². The Morgan fingerprint density at radius 2 is 1.88 bits per heavy atom. The fourth-order valence-corrected chi connectivity index (χ4v) is 2.68. The van der Waals surface area contributed by atoms with Crippen molar-refractivity contribution in [3.05, 3.63) is 58.6 Å². The van der Waals surface area contributed by atoms with Gasteiger partial charge < -0.3 is 19.9 Å². The van der Waals surface area contributed by atoms with Gasteiger partial charge in [0.15, 0.2) is 6.04 Å². The molecule has 6 nitrogen and oxygen atoms in total. The summed E-state index contributed by atoms with van der Waals surface area (Å²) in [5, 5.41) is 12.2. The van der Waals surface area contributed by atoms with E-state index in [0.29, 0.717) is 23.7 Å². The summed E-state index contributed by atoms with van der Waals surface area (Å²) >= 11 is 6.04. The number of hydrogen-bond acceptors (Lipinski definition) is 4. The molecule has 0 aliphatic heterocycles. The van der Waals surface area contributed by atoms with Crippen LogP contribution in [0.1, 0.15) is 24.1 Å². The van der Waals surface area contributed by atoms with E-state index in [0.717, 1.165) is 5.56 Å². The van der Waals surface area contributed by atoms with Gasteiger partial charge in [-0.3, -0.25) is 4.79 Å². The van der Waals surface area contributed by atoms with Crippen LogP contribution in [0.2, 0.25) is 5.02 Å². The molecule has 0 aliphatic carbocycles. The van der Waals surface area contributed by atoms with Gasteiger partial charge in [0.1, 0.15) is 11.5 Å². The third kappa shape index (κ3) is 5.13. The quantitative estimate of drug-likeness (QED) is 0.737. The number of nitrogens with one attached hydrogen (secondary N) is 1. The molecule has 1 atom stereocenters. The van der Waals surface area contributed by atoms with Crippen molar-refractivity contribution in [3.8, 4) is 11.5 Å². The smallest absolute Gasteiger partial charge is 0.330 e. The zero-order valence-electron chi connectivity index (χ0n) is 14.5. The molecule has 0 aromatic heterocycles. The van der Waals surface area contributed by atoms with Crippen LogP contribution in [0.5, 0.6) is 11.5 Å². The van der Waals surface area contributed by atoms with E-state index in [4.69, 9.17) is 21.1 Å². The SMILES string of the molecule is CCOc1ccc(CC(=O)NC(C(=O)O)c2ccc(OC)c(Cl)c2)cc1. The minimum absolute atomic E-state index is 0.0556. The minimum Gasteiger partial charge on any atom is -0.495 e. The van der Waals surface area contributed by atoms with Crippen molar-refractivity contribution in [2.75, 3.05) is 13.7 Å². The highest BCUT2D eigenvalue weighted by molar-refractivity contribution is 6.32. The predicted octanol–water partition coefficient (Wildman–Crippen LogP) is 3.23. The number of methoxy groups -OCH3 is 1. The molecule has 0 saturated carbocycles. The van der Waals surface area contributed by atoms with Gasteiger partial charge in [-0.15, -0.1) is 0 Å². The summed E-state index contributed by atoms with van der Waals surface area (Å²) in [6.45, 7) is 2.45. The Bertz CT molecular complexity index is 776. The Hall–Kier alpha value is -2.73. The number of hydrogen-bond donors (Lipinski definition) is 2. The number of ether oxygens (including phenoxy) is 2. The number of halogens is 1. The van der Waals surface area contributed by atoms with E-state index in [1.807, 2.05) is 6.92 Å². The molecule has 0 spiro atoms. The van der Waals surface area contributed by atoms with Gasteiger partial charge in [0, 0.05) is 0 Å². The molecule has 26 heavy (non-hydrogen) atoms. The summed E-state index contributed by atoms with van der Waals surface area (Å²) < 4.78 is 10.4. The average molecular weight is 378 g/mol. The molecular weight excluding hydrogens is 358 g/mol. The van der Waals surface area contributed by atoms with Gasteiger partial charge in [-0.05, 0) is 42.3 Å². The zero-order valence-corrected chi connectivity index (χ0v) is 15.2. The van der Waals surface area contributed by atoms with Crippen LogP contribution in [0.15, 0.2) is 42.5 Å². The first-order valence-corrected chi connectivity index (χ1v) is 8.39. The standard InChI is InChI=1S/C19H20ClNO5/c1-3-26-14-7-4-12(5-8-14)10-17(22)21-18(19(23)24)13-6-9-16(25-2)15(20)11-13/h4-9,11,18H,3,10H2,1-2H3,(H,21,22)(H,23,24). The summed E-state index contributed by atoms with van der Waals surface area (Å²) in [5.41, 5.74) is 1.12. The Morgan fingerprint density at radius 1 is 1.19 bits per heavy atom. The summed E-state index contributed by atoms with van der Waals surface area (Å²) in [6.07, 6.45) is 0.0556. The molecule has 2 N–H and O–H groups in total. The van der Waals surface area contributed by atoms with Crippen molar-refractivity contribution in [1.29, 1.82) is 0 Å². The van der Waals surface area contributed by atoms with Crippen molar-refractivity contribution in [1.82, 2.24) is 5.32 Å². The van der Waals surface area contributed by atoms with Crippen molar-refractivity contribution >= 4 is 23.5 Å². The summed E-state index contributed by atoms with van der Waals surface area (Å²) in [5.74, 6) is -0.437. The van der Waals surface area contributed by atoms with Crippen LogP contribution in [0.3, 0.4) is 0 Å². The van der Waals surface area contributed by atoms with Crippen LogP contribution in [-0.4, -0.2) is 30.7 Å². The number of amides is 1. The highest BCUT2D eigenvalue weighted by atomic mass is 35.5. The fraction of sp³-hybridized carbons (Fsp3) is 0.263. The number of aliphatic carboxylic acids is 1. The van der Waals surface area contributed by atoms with E-state index < -0.39 is 17.9 Å². The molecule has 0 radical (unpaired) electrons. The summed E-state index contributed by atoms with van der Waals surface area (Å²) in [4.78, 5) is 23.8. The van der Waals surface area contributed by atoms with Crippen LogP contribution in [0, 0.1) is 0 Å². The molecule has 0 bridgehead atoms. The first-order chi connectivity index (χ1) is 12.4. The van der Waals surface area contributed by atoms with Crippen molar-refractivity contribution < 1.29 is 24.2 Å². The third-order valence-electron chi connectivity index (χ3n) is 3.66. The second-order valence-corrected chi connectivity index (χ2v) is 5.89. The summed E-state index contributed by atoms with van der Waals surface area (Å²) in [7, 11) is 1.47. The van der Waals surface area contributed by atoms with E-state index in [9.17, 15) is 14.7 Å². The molecular formula is C19H20ClNO5. The minimum atomic E-state index is -1.20. The van der Waals surface area contributed by atoms with Crippen molar-refractivity contribution in [2.24, 2.45) is 0 Å². The number of carboxylic acid groups (broad SMARTS) is 1. The van der Waals surface area contributed by atoms with Crippen LogP contribution in [0.4, 0.5) is 0 Å². The van der Waals surface area contributed by atoms with Gasteiger partial charge in [0.05, 0.1) is 25.2 Å². The maximum atomic E-state index is 12.3.